The average molecular weight is 494 g/mol. The van der Waals surface area contributed by atoms with Crippen LogP contribution < -0.4 is 4.74 Å². The topological polar surface area (TPSA) is 90.4 Å². The van der Waals surface area contributed by atoms with Gasteiger partial charge in [0.25, 0.3) is 5.91 Å². The Morgan fingerprint density at radius 3 is 2.36 bits per heavy atom. The number of carboxylic acids is 1. The number of rotatable bonds is 9. The number of amides is 3. The van der Waals surface area contributed by atoms with Gasteiger partial charge in [0, 0.05) is 32.7 Å². The number of ether oxygens (including phenoxy) is 1. The number of hydrogen-bond donors (Lipinski definition) is 1. The first-order valence-corrected chi connectivity index (χ1v) is 12.5. The smallest absolute Gasteiger partial charge is 0.335 e. The van der Waals surface area contributed by atoms with Crippen molar-refractivity contribution >= 4 is 17.9 Å². The highest BCUT2D eigenvalue weighted by Crippen LogP contribution is 2.38. The van der Waals surface area contributed by atoms with Crippen LogP contribution in [0, 0.1) is 5.92 Å². The zero-order valence-electron chi connectivity index (χ0n) is 21.3. The molecule has 0 radical (unpaired) electrons. The highest BCUT2D eigenvalue weighted by Gasteiger charge is 2.57. The van der Waals surface area contributed by atoms with Crippen molar-refractivity contribution in [1.82, 2.24) is 14.7 Å². The molecule has 3 amide bonds. The maximum absolute atomic E-state index is 13.7. The molecule has 1 spiro atoms. The Bertz CT molecular complexity index is 1110. The molecule has 0 bridgehead atoms. The molecule has 0 saturated carbocycles. The van der Waals surface area contributed by atoms with E-state index in [1.807, 2.05) is 49.1 Å². The van der Waals surface area contributed by atoms with Gasteiger partial charge in [-0.2, -0.15) is 0 Å². The highest BCUT2D eigenvalue weighted by atomic mass is 16.5. The number of benzene rings is 2. The molecule has 0 atom stereocenters. The average Bonchev–Trinajstić information content (AvgIpc) is 3.05. The SMILES string of the molecule is COc1ccc(CCN2C(=O)N(CC(C)C)C(=O)C23CCN(Cc2cccc(C(=O)O)c2)CC3)cc1. The van der Waals surface area contributed by atoms with Gasteiger partial charge in [0.2, 0.25) is 0 Å². The fourth-order valence-corrected chi connectivity index (χ4v) is 5.28. The lowest BCUT2D eigenvalue weighted by atomic mass is 9.85. The van der Waals surface area contributed by atoms with E-state index in [1.54, 1.807) is 25.3 Å². The van der Waals surface area contributed by atoms with Crippen LogP contribution in [0.3, 0.4) is 0 Å². The molecule has 1 N–H and O–H groups in total. The zero-order valence-corrected chi connectivity index (χ0v) is 21.3. The van der Waals surface area contributed by atoms with Crippen molar-refractivity contribution in [3.63, 3.8) is 0 Å². The Kier molecular flexibility index (Phi) is 7.64. The van der Waals surface area contributed by atoms with Crippen LogP contribution in [0.4, 0.5) is 4.79 Å². The van der Waals surface area contributed by atoms with Crippen LogP contribution in [-0.2, 0) is 17.8 Å². The van der Waals surface area contributed by atoms with Crippen molar-refractivity contribution in [2.24, 2.45) is 5.92 Å². The second kappa shape index (κ2) is 10.7. The minimum atomic E-state index is -0.942. The third-order valence-corrected chi connectivity index (χ3v) is 7.22. The van der Waals surface area contributed by atoms with Crippen LogP contribution in [-0.4, -0.2) is 76.5 Å². The summed E-state index contributed by atoms with van der Waals surface area (Å²) in [5.41, 5.74) is 1.46. The number of imide groups is 1. The number of aromatic carboxylic acids is 1. The molecule has 8 nitrogen and oxygen atoms in total. The van der Waals surface area contributed by atoms with Crippen LogP contribution >= 0.6 is 0 Å². The molecule has 8 heteroatoms. The molecule has 2 aliphatic rings. The molecule has 0 unspecified atom stereocenters. The van der Waals surface area contributed by atoms with Crippen molar-refractivity contribution in [2.75, 3.05) is 33.3 Å². The summed E-state index contributed by atoms with van der Waals surface area (Å²) in [6.45, 7) is 6.86. The molecule has 2 aromatic rings. The van der Waals surface area contributed by atoms with E-state index in [4.69, 9.17) is 4.74 Å². The van der Waals surface area contributed by atoms with Crippen LogP contribution in [0.1, 0.15) is 48.2 Å². The quantitative estimate of drug-likeness (QED) is 0.533. The number of urea groups is 1. The fourth-order valence-electron chi connectivity index (χ4n) is 5.28. The number of nitrogens with zero attached hydrogens (tertiary/aromatic N) is 3. The molecule has 0 aliphatic carbocycles. The minimum absolute atomic E-state index is 0.0801. The number of piperidine rings is 1. The normalized spacial score (nSPS) is 17.9. The Morgan fingerprint density at radius 2 is 1.75 bits per heavy atom. The lowest BCUT2D eigenvalue weighted by molar-refractivity contribution is -0.136. The van der Waals surface area contributed by atoms with E-state index in [-0.39, 0.29) is 23.4 Å². The number of methoxy groups -OCH3 is 1. The fraction of sp³-hybridized carbons (Fsp3) is 0.464. The second-order valence-electron chi connectivity index (χ2n) is 10.2. The Balaban J connectivity index is 1.49. The predicted molar refractivity (Wildman–Crippen MR) is 136 cm³/mol. The predicted octanol–water partition coefficient (Wildman–Crippen LogP) is 3.89. The summed E-state index contributed by atoms with van der Waals surface area (Å²) in [7, 11) is 1.63. The van der Waals surface area contributed by atoms with E-state index in [0.29, 0.717) is 52.0 Å². The van der Waals surface area contributed by atoms with Crippen molar-refractivity contribution in [1.29, 1.82) is 0 Å². The molecular formula is C28H35N3O5. The third kappa shape index (κ3) is 5.23. The number of carbonyl (C=O) groups is 3. The molecule has 2 heterocycles. The number of carbonyl (C=O) groups excluding carboxylic acids is 2. The van der Waals surface area contributed by atoms with Gasteiger partial charge in [0.05, 0.1) is 12.7 Å². The summed E-state index contributed by atoms with van der Waals surface area (Å²) in [5, 5.41) is 9.28. The van der Waals surface area contributed by atoms with Gasteiger partial charge in [-0.25, -0.2) is 9.59 Å². The molecular weight excluding hydrogens is 458 g/mol. The van der Waals surface area contributed by atoms with Crippen LogP contribution in [0.25, 0.3) is 0 Å². The monoisotopic (exact) mass is 493 g/mol. The van der Waals surface area contributed by atoms with Gasteiger partial charge in [0.1, 0.15) is 11.3 Å². The Hall–Kier alpha value is -3.39. The molecule has 36 heavy (non-hydrogen) atoms. The van der Waals surface area contributed by atoms with E-state index in [2.05, 4.69) is 4.90 Å². The van der Waals surface area contributed by atoms with E-state index in [1.165, 1.54) is 4.90 Å². The van der Waals surface area contributed by atoms with Crippen molar-refractivity contribution in [3.8, 4) is 5.75 Å². The van der Waals surface area contributed by atoms with E-state index >= 15 is 0 Å². The standard InChI is InChI=1S/C28H35N3O5/c1-20(2)18-30-26(34)28(31(27(30)35)14-11-21-7-9-24(36-3)10-8-21)12-15-29(16-13-28)19-22-5-4-6-23(17-22)25(32)33/h4-10,17,20H,11-16,18-19H2,1-3H3,(H,32,33). The summed E-state index contributed by atoms with van der Waals surface area (Å²) in [6, 6.07) is 14.6. The van der Waals surface area contributed by atoms with Gasteiger partial charge in [0.15, 0.2) is 0 Å². The summed E-state index contributed by atoms with van der Waals surface area (Å²) in [6.07, 6.45) is 1.78. The Labute approximate surface area is 212 Å². The Morgan fingerprint density at radius 1 is 1.06 bits per heavy atom. The molecule has 2 aromatic carbocycles. The lowest BCUT2D eigenvalue weighted by Crippen LogP contribution is -2.56. The van der Waals surface area contributed by atoms with Gasteiger partial charge in [-0.05, 0) is 60.6 Å². The highest BCUT2D eigenvalue weighted by molar-refractivity contribution is 6.07. The van der Waals surface area contributed by atoms with E-state index in [0.717, 1.165) is 16.9 Å². The minimum Gasteiger partial charge on any atom is -0.497 e. The number of carboxylic acid groups (broad SMARTS) is 1. The molecule has 4 rings (SSSR count). The molecule has 2 fully saturated rings. The molecule has 0 aromatic heterocycles. The molecule has 192 valence electrons. The maximum atomic E-state index is 13.7. The van der Waals surface area contributed by atoms with Crippen LogP contribution in [0.2, 0.25) is 0 Å². The first-order chi connectivity index (χ1) is 17.2. The van der Waals surface area contributed by atoms with Gasteiger partial charge in [-0.1, -0.05) is 38.1 Å². The number of likely N-dealkylation sites (tertiary alicyclic amines) is 1. The lowest BCUT2D eigenvalue weighted by Gasteiger charge is -2.42. The van der Waals surface area contributed by atoms with Crippen LogP contribution in [0.5, 0.6) is 5.75 Å². The third-order valence-electron chi connectivity index (χ3n) is 7.22. The summed E-state index contributed by atoms with van der Waals surface area (Å²) < 4.78 is 5.24. The first-order valence-electron chi connectivity index (χ1n) is 12.5. The van der Waals surface area contributed by atoms with Crippen molar-refractivity contribution in [3.05, 3.63) is 65.2 Å². The molecule has 2 aliphatic heterocycles. The second-order valence-corrected chi connectivity index (χ2v) is 10.2. The van der Waals surface area contributed by atoms with Gasteiger partial charge < -0.3 is 14.7 Å². The van der Waals surface area contributed by atoms with Crippen molar-refractivity contribution < 1.29 is 24.2 Å². The van der Waals surface area contributed by atoms with Gasteiger partial charge in [-0.15, -0.1) is 0 Å². The van der Waals surface area contributed by atoms with E-state index < -0.39 is 11.5 Å². The summed E-state index contributed by atoms with van der Waals surface area (Å²) >= 11 is 0. The molecule has 2 saturated heterocycles. The summed E-state index contributed by atoms with van der Waals surface area (Å²) in [5.74, 6) is -0.0455. The zero-order chi connectivity index (χ0) is 25.9. The van der Waals surface area contributed by atoms with Crippen LogP contribution in [0.15, 0.2) is 48.5 Å². The van der Waals surface area contributed by atoms with Crippen molar-refractivity contribution in [2.45, 2.75) is 45.2 Å². The number of hydrogen-bond acceptors (Lipinski definition) is 5. The first kappa shape index (κ1) is 25.7. The maximum Gasteiger partial charge on any atom is 0.335 e. The van der Waals surface area contributed by atoms with Gasteiger partial charge >= 0.3 is 12.0 Å². The summed E-state index contributed by atoms with van der Waals surface area (Å²) in [4.78, 5) is 44.0. The largest absolute Gasteiger partial charge is 0.497 e. The van der Waals surface area contributed by atoms with E-state index in [9.17, 15) is 19.5 Å². The van der Waals surface area contributed by atoms with Gasteiger partial charge in [-0.3, -0.25) is 14.6 Å².